The van der Waals surface area contributed by atoms with Crippen molar-refractivity contribution in [3.63, 3.8) is 0 Å². The Bertz CT molecular complexity index is 382. The Hall–Kier alpha value is -1.49. The number of rotatable bonds is 2. The molecular formula is C10H12ClN3O2. The molecule has 0 radical (unpaired) electrons. The SMILES string of the molecule is O=C(O)N1CC[C@@H](Nc2ccc(Cl)cn2)C1. The minimum Gasteiger partial charge on any atom is -0.465 e. The Labute approximate surface area is 98.0 Å². The van der Waals surface area contributed by atoms with E-state index in [2.05, 4.69) is 10.3 Å². The number of hydrogen-bond donors (Lipinski definition) is 2. The van der Waals surface area contributed by atoms with Crippen LogP contribution in [-0.4, -0.2) is 40.2 Å². The van der Waals surface area contributed by atoms with Crippen LogP contribution < -0.4 is 5.32 Å². The van der Waals surface area contributed by atoms with Crippen LogP contribution in [0.4, 0.5) is 10.6 Å². The summed E-state index contributed by atoms with van der Waals surface area (Å²) in [5, 5.41) is 12.6. The summed E-state index contributed by atoms with van der Waals surface area (Å²) in [6, 6.07) is 3.66. The molecule has 16 heavy (non-hydrogen) atoms. The van der Waals surface area contributed by atoms with Gasteiger partial charge in [0.15, 0.2) is 0 Å². The fourth-order valence-electron chi connectivity index (χ4n) is 1.72. The molecule has 1 aliphatic rings. The summed E-state index contributed by atoms with van der Waals surface area (Å²) in [4.78, 5) is 16.2. The summed E-state index contributed by atoms with van der Waals surface area (Å²) >= 11 is 5.72. The maximum absolute atomic E-state index is 10.7. The van der Waals surface area contributed by atoms with Crippen LogP contribution >= 0.6 is 11.6 Å². The van der Waals surface area contributed by atoms with Gasteiger partial charge in [-0.25, -0.2) is 9.78 Å². The molecule has 0 saturated carbocycles. The molecular weight excluding hydrogens is 230 g/mol. The molecule has 1 aromatic heterocycles. The van der Waals surface area contributed by atoms with Crippen LogP contribution in [0, 0.1) is 0 Å². The van der Waals surface area contributed by atoms with Crippen LogP contribution in [0.2, 0.25) is 5.02 Å². The number of aromatic nitrogens is 1. The number of nitrogens with one attached hydrogen (secondary N) is 1. The van der Waals surface area contributed by atoms with Crippen molar-refractivity contribution in [2.45, 2.75) is 12.5 Å². The van der Waals surface area contributed by atoms with Crippen LogP contribution in [0.1, 0.15) is 6.42 Å². The Morgan fingerprint density at radius 3 is 3.00 bits per heavy atom. The smallest absolute Gasteiger partial charge is 0.407 e. The first kappa shape index (κ1) is 11.0. The Morgan fingerprint density at radius 2 is 2.44 bits per heavy atom. The summed E-state index contributed by atoms with van der Waals surface area (Å²) in [7, 11) is 0. The number of anilines is 1. The molecule has 0 bridgehead atoms. The summed E-state index contributed by atoms with van der Waals surface area (Å²) in [5.41, 5.74) is 0. The van der Waals surface area contributed by atoms with Gasteiger partial charge in [0.25, 0.3) is 0 Å². The first-order valence-corrected chi connectivity index (χ1v) is 5.39. The largest absolute Gasteiger partial charge is 0.465 e. The zero-order valence-corrected chi connectivity index (χ0v) is 9.31. The van der Waals surface area contributed by atoms with E-state index in [4.69, 9.17) is 16.7 Å². The molecule has 1 amide bonds. The molecule has 2 N–H and O–H groups in total. The van der Waals surface area contributed by atoms with E-state index in [1.165, 1.54) is 4.90 Å². The zero-order chi connectivity index (χ0) is 11.5. The Balaban J connectivity index is 1.92. The minimum atomic E-state index is -0.867. The lowest BCUT2D eigenvalue weighted by Crippen LogP contribution is -2.30. The second-order valence-corrected chi connectivity index (χ2v) is 4.16. The standard InChI is InChI=1S/C10H12ClN3O2/c11-7-1-2-9(12-5-7)13-8-3-4-14(6-8)10(15)16/h1-2,5,8H,3-4,6H2,(H,12,13)(H,15,16)/t8-/m1/s1. The van der Waals surface area contributed by atoms with Crippen molar-refractivity contribution in [1.82, 2.24) is 9.88 Å². The van der Waals surface area contributed by atoms with Crippen LogP contribution in [0.15, 0.2) is 18.3 Å². The van der Waals surface area contributed by atoms with E-state index in [1.54, 1.807) is 18.3 Å². The number of amides is 1. The molecule has 2 rings (SSSR count). The fourth-order valence-corrected chi connectivity index (χ4v) is 1.83. The number of carboxylic acid groups (broad SMARTS) is 1. The van der Waals surface area contributed by atoms with E-state index in [9.17, 15) is 4.79 Å². The maximum Gasteiger partial charge on any atom is 0.407 e. The molecule has 86 valence electrons. The van der Waals surface area contributed by atoms with E-state index in [0.717, 1.165) is 12.2 Å². The van der Waals surface area contributed by atoms with Gasteiger partial charge in [0.1, 0.15) is 5.82 Å². The van der Waals surface area contributed by atoms with Gasteiger partial charge in [-0.15, -0.1) is 0 Å². The van der Waals surface area contributed by atoms with Crippen molar-refractivity contribution in [3.8, 4) is 0 Å². The van der Waals surface area contributed by atoms with Gasteiger partial charge in [0.05, 0.1) is 5.02 Å². The lowest BCUT2D eigenvalue weighted by atomic mass is 10.2. The predicted octanol–water partition coefficient (Wildman–Crippen LogP) is 1.90. The second kappa shape index (κ2) is 4.57. The highest BCUT2D eigenvalue weighted by Crippen LogP contribution is 2.15. The number of pyridine rings is 1. The number of nitrogens with zero attached hydrogens (tertiary/aromatic N) is 2. The normalized spacial score (nSPS) is 19.8. The Kier molecular flexibility index (Phi) is 3.14. The monoisotopic (exact) mass is 241 g/mol. The molecule has 1 atom stereocenters. The van der Waals surface area contributed by atoms with Gasteiger partial charge >= 0.3 is 6.09 Å². The van der Waals surface area contributed by atoms with Gasteiger partial charge in [0.2, 0.25) is 0 Å². The number of hydrogen-bond acceptors (Lipinski definition) is 3. The summed E-state index contributed by atoms with van der Waals surface area (Å²) in [5.74, 6) is 0.724. The van der Waals surface area contributed by atoms with Gasteiger partial charge < -0.3 is 15.3 Å². The first-order chi connectivity index (χ1) is 7.65. The molecule has 1 saturated heterocycles. The van der Waals surface area contributed by atoms with Gasteiger partial charge in [-0.05, 0) is 18.6 Å². The topological polar surface area (TPSA) is 65.5 Å². The van der Waals surface area contributed by atoms with Crippen LogP contribution in [-0.2, 0) is 0 Å². The highest BCUT2D eigenvalue weighted by molar-refractivity contribution is 6.30. The summed E-state index contributed by atoms with van der Waals surface area (Å²) in [6.07, 6.45) is 1.50. The van der Waals surface area contributed by atoms with Crippen molar-refractivity contribution >= 4 is 23.5 Å². The van der Waals surface area contributed by atoms with Crippen molar-refractivity contribution in [1.29, 1.82) is 0 Å². The average molecular weight is 242 g/mol. The second-order valence-electron chi connectivity index (χ2n) is 3.72. The first-order valence-electron chi connectivity index (χ1n) is 5.01. The molecule has 0 spiro atoms. The Morgan fingerprint density at radius 1 is 1.62 bits per heavy atom. The molecule has 0 unspecified atom stereocenters. The minimum absolute atomic E-state index is 0.129. The van der Waals surface area contributed by atoms with Crippen LogP contribution in [0.5, 0.6) is 0 Å². The highest BCUT2D eigenvalue weighted by Gasteiger charge is 2.25. The maximum atomic E-state index is 10.7. The molecule has 1 fully saturated rings. The zero-order valence-electron chi connectivity index (χ0n) is 8.56. The van der Waals surface area contributed by atoms with Crippen LogP contribution in [0.3, 0.4) is 0 Å². The number of halogens is 1. The molecule has 0 aromatic carbocycles. The highest BCUT2D eigenvalue weighted by atomic mass is 35.5. The fraction of sp³-hybridized carbons (Fsp3) is 0.400. The molecule has 1 aliphatic heterocycles. The molecule has 2 heterocycles. The van der Waals surface area contributed by atoms with E-state index in [1.807, 2.05) is 0 Å². The molecule has 1 aromatic rings. The average Bonchev–Trinajstić information content (AvgIpc) is 2.70. The third-order valence-corrected chi connectivity index (χ3v) is 2.76. The van der Waals surface area contributed by atoms with Gasteiger partial charge in [0, 0.05) is 25.3 Å². The number of carbonyl (C=O) groups is 1. The molecule has 6 heteroatoms. The van der Waals surface area contributed by atoms with Gasteiger partial charge in [-0.1, -0.05) is 11.6 Å². The van der Waals surface area contributed by atoms with E-state index < -0.39 is 6.09 Å². The van der Waals surface area contributed by atoms with Crippen molar-refractivity contribution in [2.75, 3.05) is 18.4 Å². The van der Waals surface area contributed by atoms with Gasteiger partial charge in [-0.2, -0.15) is 0 Å². The predicted molar refractivity (Wildman–Crippen MR) is 60.9 cm³/mol. The van der Waals surface area contributed by atoms with Crippen molar-refractivity contribution in [3.05, 3.63) is 23.4 Å². The third kappa shape index (κ3) is 2.55. The van der Waals surface area contributed by atoms with Gasteiger partial charge in [-0.3, -0.25) is 0 Å². The molecule has 5 nitrogen and oxygen atoms in total. The summed E-state index contributed by atoms with van der Waals surface area (Å²) in [6.45, 7) is 1.07. The third-order valence-electron chi connectivity index (χ3n) is 2.54. The van der Waals surface area contributed by atoms with Crippen molar-refractivity contribution in [2.24, 2.45) is 0 Å². The quantitative estimate of drug-likeness (QED) is 0.830. The number of likely N-dealkylation sites (tertiary alicyclic amines) is 1. The van der Waals surface area contributed by atoms with E-state index >= 15 is 0 Å². The lowest BCUT2D eigenvalue weighted by Gasteiger charge is -2.14. The molecule has 0 aliphatic carbocycles. The van der Waals surface area contributed by atoms with Crippen LogP contribution in [0.25, 0.3) is 0 Å². The van der Waals surface area contributed by atoms with E-state index in [0.29, 0.717) is 18.1 Å². The lowest BCUT2D eigenvalue weighted by molar-refractivity contribution is 0.155. The van der Waals surface area contributed by atoms with Crippen molar-refractivity contribution < 1.29 is 9.90 Å². The summed E-state index contributed by atoms with van der Waals surface area (Å²) < 4.78 is 0. The van der Waals surface area contributed by atoms with E-state index in [-0.39, 0.29) is 6.04 Å².